The number of benzene rings is 4. The molecule has 0 radical (unpaired) electrons. The van der Waals surface area contributed by atoms with Crippen molar-refractivity contribution in [1.82, 2.24) is 0 Å². The molecule has 4 aromatic carbocycles. The molecule has 63 heavy (non-hydrogen) atoms. The molecule has 2 aliphatic heterocycles. The molecule has 0 fully saturated rings. The maximum absolute atomic E-state index is 12.6. The first kappa shape index (κ1) is 44.8. The maximum atomic E-state index is 12.6. The summed E-state index contributed by atoms with van der Waals surface area (Å²) in [4.78, 5) is 98.1. The topological polar surface area (TPSA) is 229 Å². The molecule has 0 amide bonds. The minimum atomic E-state index is -1.18. The largest absolute Gasteiger partial charge is 0.484 e. The van der Waals surface area contributed by atoms with Gasteiger partial charge in [-0.25, -0.2) is 0 Å². The zero-order chi connectivity index (χ0) is 45.9. The van der Waals surface area contributed by atoms with Gasteiger partial charge in [-0.2, -0.15) is 0 Å². The summed E-state index contributed by atoms with van der Waals surface area (Å²) >= 11 is 0. The molecular weight excluding hydrogens is 828 g/mol. The molecule has 0 spiro atoms. The van der Waals surface area contributed by atoms with Crippen LogP contribution in [0, 0.1) is 0 Å². The van der Waals surface area contributed by atoms with E-state index in [0.29, 0.717) is 22.3 Å². The van der Waals surface area contributed by atoms with E-state index in [2.05, 4.69) is 0 Å². The summed E-state index contributed by atoms with van der Waals surface area (Å²) in [5.41, 5.74) is 1.55. The van der Waals surface area contributed by atoms with Crippen molar-refractivity contribution >= 4 is 47.8 Å². The summed E-state index contributed by atoms with van der Waals surface area (Å²) in [6.07, 6.45) is -3.50. The Labute approximate surface area is 359 Å². The third-order valence-electron chi connectivity index (χ3n) is 9.16. The Hall–Kier alpha value is -7.76. The first-order valence-electron chi connectivity index (χ1n) is 19.2. The zero-order valence-corrected chi connectivity index (χ0v) is 35.1. The standard InChI is InChI=1S/C45H40O18/c1-20(46)54-31-13-30(14-32(17-31)55-21(2)47)41-42-39(62-44(41)29-10-12-35(57-23(4)49)38(16-29)60-26(7)52)19-36(58-24(5)50)33-18-40(61-27(8)53)43(63-45(33)42)28-9-11-34(56-22(3)48)37(15-28)59-25(6)51/h9-17,19,40-41,43-44H,18H2,1-8H3/t40-,41-,43+,44+/m0/s1. The first-order chi connectivity index (χ1) is 29.8. The number of rotatable bonds is 11. The van der Waals surface area contributed by atoms with Crippen molar-refractivity contribution in [3.63, 3.8) is 0 Å². The molecule has 2 heterocycles. The summed E-state index contributed by atoms with van der Waals surface area (Å²) < 4.78 is 57.4. The molecule has 328 valence electrons. The number of esters is 8. The summed E-state index contributed by atoms with van der Waals surface area (Å²) in [6, 6.07) is 14.5. The first-order valence-corrected chi connectivity index (χ1v) is 19.2. The fourth-order valence-corrected chi connectivity index (χ4v) is 7.28. The van der Waals surface area contributed by atoms with Crippen LogP contribution in [0.25, 0.3) is 0 Å². The van der Waals surface area contributed by atoms with Gasteiger partial charge in [-0.1, -0.05) is 12.1 Å². The highest BCUT2D eigenvalue weighted by Crippen LogP contribution is 2.59. The third-order valence-corrected chi connectivity index (χ3v) is 9.16. The summed E-state index contributed by atoms with van der Waals surface area (Å²) in [5, 5.41) is 0. The van der Waals surface area contributed by atoms with Crippen molar-refractivity contribution < 1.29 is 85.7 Å². The Kier molecular flexibility index (Phi) is 13.1. The Balaban J connectivity index is 1.64. The molecule has 0 unspecified atom stereocenters. The highest BCUT2D eigenvalue weighted by atomic mass is 16.6. The van der Waals surface area contributed by atoms with Crippen molar-refractivity contribution in [2.45, 2.75) is 86.0 Å². The van der Waals surface area contributed by atoms with Crippen LogP contribution in [0.2, 0.25) is 0 Å². The van der Waals surface area contributed by atoms with E-state index >= 15 is 0 Å². The van der Waals surface area contributed by atoms with Gasteiger partial charge in [0, 0.05) is 90.6 Å². The fourth-order valence-electron chi connectivity index (χ4n) is 7.28. The van der Waals surface area contributed by atoms with Crippen molar-refractivity contribution in [1.29, 1.82) is 0 Å². The van der Waals surface area contributed by atoms with Gasteiger partial charge in [-0.3, -0.25) is 38.4 Å². The van der Waals surface area contributed by atoms with E-state index in [-0.39, 0.29) is 63.7 Å². The molecule has 0 aromatic heterocycles. The molecule has 0 bridgehead atoms. The van der Waals surface area contributed by atoms with Gasteiger partial charge in [0.25, 0.3) is 0 Å². The number of carbonyl (C=O) groups is 8. The van der Waals surface area contributed by atoms with Crippen LogP contribution in [0.1, 0.15) is 101 Å². The van der Waals surface area contributed by atoms with Crippen molar-refractivity contribution in [2.24, 2.45) is 0 Å². The van der Waals surface area contributed by atoms with E-state index in [1.54, 1.807) is 6.07 Å². The molecule has 0 saturated carbocycles. The Bertz CT molecular complexity index is 2540. The average molecular weight is 869 g/mol. The predicted molar refractivity (Wildman–Crippen MR) is 213 cm³/mol. The maximum Gasteiger partial charge on any atom is 0.308 e. The molecule has 0 aliphatic carbocycles. The van der Waals surface area contributed by atoms with E-state index < -0.39 is 72.0 Å². The monoisotopic (exact) mass is 868 g/mol. The highest BCUT2D eigenvalue weighted by Gasteiger charge is 2.46. The number of hydrogen-bond donors (Lipinski definition) is 0. The second kappa shape index (κ2) is 18.5. The summed E-state index contributed by atoms with van der Waals surface area (Å²) in [5.74, 6) is -6.91. The SMILES string of the molecule is CC(=O)Oc1cc(OC(C)=O)cc([C@H]2c3c(cc(OC(C)=O)c4c3O[C@H](c3ccc(OC(C)=O)c(OC(C)=O)c3)[C@@H](OC(C)=O)C4)O[C@@H]2c2ccc(OC(C)=O)c(OC(C)=O)c2)c1. The second-order valence-electron chi connectivity index (χ2n) is 14.3. The zero-order valence-electron chi connectivity index (χ0n) is 35.1. The molecule has 4 atom stereocenters. The molecule has 0 N–H and O–H groups in total. The van der Waals surface area contributed by atoms with E-state index in [4.69, 9.17) is 47.4 Å². The Morgan fingerprint density at radius 1 is 0.444 bits per heavy atom. The smallest absolute Gasteiger partial charge is 0.308 e. The molecular formula is C45H40O18. The molecule has 6 rings (SSSR count). The molecule has 0 saturated heterocycles. The van der Waals surface area contributed by atoms with Crippen LogP contribution in [0.5, 0.6) is 51.7 Å². The van der Waals surface area contributed by atoms with E-state index in [1.807, 2.05) is 0 Å². The van der Waals surface area contributed by atoms with Gasteiger partial charge in [0.2, 0.25) is 0 Å². The number of carbonyl (C=O) groups excluding carboxylic acids is 8. The van der Waals surface area contributed by atoms with Crippen LogP contribution < -0.4 is 42.6 Å². The van der Waals surface area contributed by atoms with Crippen LogP contribution in [0.3, 0.4) is 0 Å². The minimum Gasteiger partial charge on any atom is -0.484 e. The second-order valence-corrected chi connectivity index (χ2v) is 14.3. The van der Waals surface area contributed by atoms with E-state index in [1.165, 1.54) is 96.1 Å². The number of fused-ring (bicyclic) bond motifs is 3. The average Bonchev–Trinajstić information content (AvgIpc) is 3.54. The van der Waals surface area contributed by atoms with Crippen LogP contribution in [0.4, 0.5) is 0 Å². The van der Waals surface area contributed by atoms with Crippen molar-refractivity contribution in [3.05, 3.63) is 88.5 Å². The normalized spacial score (nSPS) is 17.0. The molecule has 2 aliphatic rings. The van der Waals surface area contributed by atoms with Crippen LogP contribution in [0.15, 0.2) is 60.7 Å². The summed E-state index contributed by atoms with van der Waals surface area (Å²) in [7, 11) is 0. The molecule has 18 nitrogen and oxygen atoms in total. The molecule has 4 aromatic rings. The highest BCUT2D eigenvalue weighted by molar-refractivity contribution is 5.77. The van der Waals surface area contributed by atoms with Crippen molar-refractivity contribution in [2.75, 3.05) is 0 Å². The Morgan fingerprint density at radius 2 is 0.889 bits per heavy atom. The van der Waals surface area contributed by atoms with Gasteiger partial charge in [0.1, 0.15) is 41.0 Å². The van der Waals surface area contributed by atoms with Gasteiger partial charge in [0.15, 0.2) is 29.1 Å². The lowest BCUT2D eigenvalue weighted by molar-refractivity contribution is -0.152. The van der Waals surface area contributed by atoms with Crippen LogP contribution in [-0.2, 0) is 49.5 Å². The van der Waals surface area contributed by atoms with E-state index in [0.717, 1.165) is 13.8 Å². The van der Waals surface area contributed by atoms with Gasteiger partial charge in [-0.05, 0) is 47.5 Å². The number of ether oxygens (including phenoxy) is 10. The van der Waals surface area contributed by atoms with Crippen LogP contribution in [-0.4, -0.2) is 53.9 Å². The minimum absolute atomic E-state index is 0.0146. The lowest BCUT2D eigenvalue weighted by atomic mass is 9.82. The summed E-state index contributed by atoms with van der Waals surface area (Å²) in [6.45, 7) is 9.38. The fraction of sp³-hybridized carbons (Fsp3) is 0.289. The number of hydrogen-bond acceptors (Lipinski definition) is 18. The Morgan fingerprint density at radius 3 is 1.35 bits per heavy atom. The lowest BCUT2D eigenvalue weighted by Gasteiger charge is -2.35. The molecule has 18 heteroatoms. The van der Waals surface area contributed by atoms with E-state index in [9.17, 15) is 38.4 Å². The van der Waals surface area contributed by atoms with Gasteiger partial charge in [-0.15, -0.1) is 0 Å². The van der Waals surface area contributed by atoms with Gasteiger partial charge in [0.05, 0.1) is 5.92 Å². The third kappa shape index (κ3) is 10.6. The quantitative estimate of drug-likeness (QED) is 0.124. The lowest BCUT2D eigenvalue weighted by Crippen LogP contribution is -2.35. The van der Waals surface area contributed by atoms with Crippen LogP contribution >= 0.6 is 0 Å². The van der Waals surface area contributed by atoms with Crippen molar-refractivity contribution in [3.8, 4) is 51.7 Å². The van der Waals surface area contributed by atoms with Gasteiger partial charge < -0.3 is 47.4 Å². The van der Waals surface area contributed by atoms with Gasteiger partial charge >= 0.3 is 47.8 Å². The predicted octanol–water partition coefficient (Wildman–Crippen LogP) is 6.04.